The van der Waals surface area contributed by atoms with Gasteiger partial charge in [0.15, 0.2) is 11.6 Å². The van der Waals surface area contributed by atoms with Gasteiger partial charge in [0.05, 0.1) is 7.11 Å². The zero-order chi connectivity index (χ0) is 17.7. The molecule has 0 aliphatic rings. The maximum atomic E-state index is 13.1. The highest BCUT2D eigenvalue weighted by atomic mass is 19.2. The molecule has 0 bridgehead atoms. The van der Waals surface area contributed by atoms with E-state index in [4.69, 9.17) is 4.74 Å². The van der Waals surface area contributed by atoms with E-state index in [-0.39, 0.29) is 12.2 Å². The van der Waals surface area contributed by atoms with Crippen LogP contribution in [0.1, 0.15) is 11.3 Å². The second-order valence-electron chi connectivity index (χ2n) is 4.89. The summed E-state index contributed by atoms with van der Waals surface area (Å²) in [7, 11) is 1.45. The van der Waals surface area contributed by atoms with Crippen molar-refractivity contribution in [2.24, 2.45) is 0 Å². The Balaban J connectivity index is 1.97. The van der Waals surface area contributed by atoms with Gasteiger partial charge >= 0.3 is 11.8 Å². The van der Waals surface area contributed by atoms with Crippen LogP contribution < -0.4 is 15.4 Å². The third kappa shape index (κ3) is 4.25. The fourth-order valence-corrected chi connectivity index (χ4v) is 1.89. The Morgan fingerprint density at radius 3 is 2.54 bits per heavy atom. The number of nitrogens with one attached hydrogen (secondary N) is 2. The molecule has 8 heteroatoms. The molecule has 126 valence electrons. The number of aryl methyl sites for hydroxylation is 1. The quantitative estimate of drug-likeness (QED) is 0.837. The topological polar surface area (TPSA) is 80.3 Å². The summed E-state index contributed by atoms with van der Waals surface area (Å²) in [4.78, 5) is 27.7. The van der Waals surface area contributed by atoms with E-state index < -0.39 is 23.4 Å². The molecule has 1 heterocycles. The molecule has 2 N–H and O–H groups in total. The SMILES string of the molecule is COc1nc(C)ccc1CNC(=O)C(=O)Nc1ccc(F)c(F)c1. The van der Waals surface area contributed by atoms with Gasteiger partial charge in [0.2, 0.25) is 5.88 Å². The van der Waals surface area contributed by atoms with Crippen molar-refractivity contribution in [3.8, 4) is 5.88 Å². The molecule has 0 radical (unpaired) electrons. The third-order valence-electron chi connectivity index (χ3n) is 3.09. The molecule has 0 saturated heterocycles. The van der Waals surface area contributed by atoms with Crippen LogP contribution in [-0.2, 0) is 16.1 Å². The summed E-state index contributed by atoms with van der Waals surface area (Å²) < 4.78 is 31.0. The molecule has 6 nitrogen and oxygen atoms in total. The summed E-state index contributed by atoms with van der Waals surface area (Å²) in [5.41, 5.74) is 1.32. The van der Waals surface area contributed by atoms with E-state index in [1.165, 1.54) is 7.11 Å². The number of methoxy groups -OCH3 is 1. The van der Waals surface area contributed by atoms with Gasteiger partial charge in [0.25, 0.3) is 0 Å². The van der Waals surface area contributed by atoms with E-state index in [1.807, 2.05) is 0 Å². The van der Waals surface area contributed by atoms with Crippen molar-refractivity contribution in [3.63, 3.8) is 0 Å². The van der Waals surface area contributed by atoms with Gasteiger partial charge in [0, 0.05) is 29.6 Å². The smallest absolute Gasteiger partial charge is 0.313 e. The van der Waals surface area contributed by atoms with Crippen LogP contribution in [0.2, 0.25) is 0 Å². The molecule has 2 rings (SSSR count). The zero-order valence-electron chi connectivity index (χ0n) is 13.0. The van der Waals surface area contributed by atoms with Gasteiger partial charge in [0.1, 0.15) is 0 Å². The first kappa shape index (κ1) is 17.3. The highest BCUT2D eigenvalue weighted by Gasteiger charge is 2.15. The van der Waals surface area contributed by atoms with E-state index in [2.05, 4.69) is 15.6 Å². The normalized spacial score (nSPS) is 10.2. The molecule has 0 spiro atoms. The highest BCUT2D eigenvalue weighted by molar-refractivity contribution is 6.39. The lowest BCUT2D eigenvalue weighted by Crippen LogP contribution is -2.35. The van der Waals surface area contributed by atoms with E-state index in [0.717, 1.165) is 23.9 Å². The van der Waals surface area contributed by atoms with Gasteiger partial charge in [-0.25, -0.2) is 13.8 Å². The minimum absolute atomic E-state index is 0.0244. The number of rotatable bonds is 4. The maximum absolute atomic E-state index is 13.1. The molecule has 2 amide bonds. The maximum Gasteiger partial charge on any atom is 0.313 e. The number of benzene rings is 1. The number of hydrogen-bond donors (Lipinski definition) is 2. The van der Waals surface area contributed by atoms with Gasteiger partial charge in [-0.2, -0.15) is 0 Å². The van der Waals surface area contributed by atoms with Crippen molar-refractivity contribution in [2.45, 2.75) is 13.5 Å². The molecule has 0 aliphatic heterocycles. The monoisotopic (exact) mass is 335 g/mol. The first-order valence-corrected chi connectivity index (χ1v) is 6.95. The Hall–Kier alpha value is -3.03. The number of carbonyl (C=O) groups is 2. The molecule has 2 aromatic rings. The molecule has 0 fully saturated rings. The summed E-state index contributed by atoms with van der Waals surface area (Å²) in [6.45, 7) is 1.82. The molecule has 0 unspecified atom stereocenters. The number of carbonyl (C=O) groups excluding carboxylic acids is 2. The predicted molar refractivity (Wildman–Crippen MR) is 82.4 cm³/mol. The number of nitrogens with zero attached hydrogens (tertiary/aromatic N) is 1. The average molecular weight is 335 g/mol. The van der Waals surface area contributed by atoms with Crippen molar-refractivity contribution in [1.82, 2.24) is 10.3 Å². The van der Waals surface area contributed by atoms with Crippen LogP contribution in [0.25, 0.3) is 0 Å². The number of halogens is 2. The van der Waals surface area contributed by atoms with E-state index in [0.29, 0.717) is 11.4 Å². The number of amides is 2. The van der Waals surface area contributed by atoms with Crippen LogP contribution in [0.3, 0.4) is 0 Å². The first-order chi connectivity index (χ1) is 11.4. The van der Waals surface area contributed by atoms with Crippen LogP contribution in [-0.4, -0.2) is 23.9 Å². The fourth-order valence-electron chi connectivity index (χ4n) is 1.89. The Morgan fingerprint density at radius 1 is 1.12 bits per heavy atom. The second kappa shape index (κ2) is 7.49. The van der Waals surface area contributed by atoms with Crippen molar-refractivity contribution >= 4 is 17.5 Å². The summed E-state index contributed by atoms with van der Waals surface area (Å²) in [5.74, 6) is -3.75. The van der Waals surface area contributed by atoms with Crippen LogP contribution in [0.5, 0.6) is 5.88 Å². The molecule has 1 aromatic carbocycles. The van der Waals surface area contributed by atoms with E-state index in [1.54, 1.807) is 19.1 Å². The molecule has 0 saturated carbocycles. The number of hydrogen-bond acceptors (Lipinski definition) is 4. The molecular formula is C16H15F2N3O3. The summed E-state index contributed by atoms with van der Waals surface area (Å²) in [5, 5.41) is 4.58. The van der Waals surface area contributed by atoms with Crippen LogP contribution in [0.4, 0.5) is 14.5 Å². The van der Waals surface area contributed by atoms with Crippen molar-refractivity contribution in [1.29, 1.82) is 0 Å². The van der Waals surface area contributed by atoms with Gasteiger partial charge in [-0.1, -0.05) is 6.07 Å². The Kier molecular flexibility index (Phi) is 5.41. The Labute approximate surface area is 136 Å². The summed E-state index contributed by atoms with van der Waals surface area (Å²) in [6.07, 6.45) is 0. The number of ether oxygens (including phenoxy) is 1. The lowest BCUT2D eigenvalue weighted by molar-refractivity contribution is -0.136. The third-order valence-corrected chi connectivity index (χ3v) is 3.09. The molecular weight excluding hydrogens is 320 g/mol. The molecule has 0 atom stereocenters. The number of pyridine rings is 1. The van der Waals surface area contributed by atoms with Gasteiger partial charge in [-0.05, 0) is 25.1 Å². The molecule has 0 aliphatic carbocycles. The first-order valence-electron chi connectivity index (χ1n) is 6.95. The minimum Gasteiger partial charge on any atom is -0.481 e. The van der Waals surface area contributed by atoms with Gasteiger partial charge < -0.3 is 15.4 Å². The van der Waals surface area contributed by atoms with Crippen molar-refractivity contribution < 1.29 is 23.1 Å². The fraction of sp³-hybridized carbons (Fsp3) is 0.188. The molecule has 24 heavy (non-hydrogen) atoms. The lowest BCUT2D eigenvalue weighted by atomic mass is 10.2. The number of aromatic nitrogens is 1. The highest BCUT2D eigenvalue weighted by Crippen LogP contribution is 2.15. The Morgan fingerprint density at radius 2 is 1.88 bits per heavy atom. The standard InChI is InChI=1S/C16H15F2N3O3/c1-9-3-4-10(16(20-9)24-2)8-19-14(22)15(23)21-11-5-6-12(17)13(18)7-11/h3-7H,8H2,1-2H3,(H,19,22)(H,21,23). The predicted octanol–water partition coefficient (Wildman–Crippen LogP) is 1.93. The van der Waals surface area contributed by atoms with Crippen LogP contribution in [0.15, 0.2) is 30.3 Å². The van der Waals surface area contributed by atoms with Crippen molar-refractivity contribution in [3.05, 3.63) is 53.2 Å². The molecule has 1 aromatic heterocycles. The van der Waals surface area contributed by atoms with E-state index >= 15 is 0 Å². The van der Waals surface area contributed by atoms with Crippen LogP contribution in [0, 0.1) is 18.6 Å². The number of anilines is 1. The average Bonchev–Trinajstić information content (AvgIpc) is 2.56. The minimum atomic E-state index is -1.12. The summed E-state index contributed by atoms with van der Waals surface area (Å²) in [6, 6.07) is 6.25. The van der Waals surface area contributed by atoms with E-state index in [9.17, 15) is 18.4 Å². The van der Waals surface area contributed by atoms with Crippen LogP contribution >= 0.6 is 0 Å². The second-order valence-corrected chi connectivity index (χ2v) is 4.89. The largest absolute Gasteiger partial charge is 0.481 e. The lowest BCUT2D eigenvalue weighted by Gasteiger charge is -2.10. The van der Waals surface area contributed by atoms with Gasteiger partial charge in [-0.15, -0.1) is 0 Å². The Bertz CT molecular complexity index is 781. The van der Waals surface area contributed by atoms with Crippen molar-refractivity contribution in [2.75, 3.05) is 12.4 Å². The summed E-state index contributed by atoms with van der Waals surface area (Å²) >= 11 is 0. The van der Waals surface area contributed by atoms with Gasteiger partial charge in [-0.3, -0.25) is 9.59 Å². The zero-order valence-corrected chi connectivity index (χ0v) is 13.0.